The predicted octanol–water partition coefficient (Wildman–Crippen LogP) is 1.21. The van der Waals surface area contributed by atoms with E-state index in [0.29, 0.717) is 12.4 Å². The molecule has 0 aliphatic carbocycles. The molecule has 0 atom stereocenters. The van der Waals surface area contributed by atoms with E-state index < -0.39 is 6.43 Å². The van der Waals surface area contributed by atoms with Gasteiger partial charge in [-0.1, -0.05) is 0 Å². The number of rotatable bonds is 5. The van der Waals surface area contributed by atoms with Gasteiger partial charge in [0.05, 0.1) is 13.1 Å². The fraction of sp³-hybridized carbons (Fsp3) is 0.750. The van der Waals surface area contributed by atoms with Gasteiger partial charge in [-0.15, -0.1) is 0 Å². The summed E-state index contributed by atoms with van der Waals surface area (Å²) in [5, 5.41) is 6.60. The van der Waals surface area contributed by atoms with Crippen LogP contribution >= 0.6 is 0 Å². The third-order valence-corrected chi connectivity index (χ3v) is 1.72. The molecule has 14 heavy (non-hydrogen) atoms. The molecule has 0 saturated carbocycles. The van der Waals surface area contributed by atoms with Crippen molar-refractivity contribution in [2.75, 3.05) is 6.54 Å². The normalized spacial score (nSPS) is 11.6. The van der Waals surface area contributed by atoms with E-state index in [9.17, 15) is 8.78 Å². The molecule has 0 bridgehead atoms. The third-order valence-electron chi connectivity index (χ3n) is 1.72. The second-order valence-electron chi connectivity index (χ2n) is 3.24. The molecule has 1 aromatic heterocycles. The van der Waals surface area contributed by atoms with Crippen molar-refractivity contribution in [2.45, 2.75) is 32.9 Å². The molecular weight excluding hydrogens is 190 g/mol. The summed E-state index contributed by atoms with van der Waals surface area (Å²) < 4.78 is 25.3. The molecule has 1 rings (SSSR count). The second-order valence-corrected chi connectivity index (χ2v) is 3.24. The summed E-state index contributed by atoms with van der Waals surface area (Å²) in [5.41, 5.74) is 0. The van der Waals surface area contributed by atoms with E-state index >= 15 is 0 Å². The van der Waals surface area contributed by atoms with Gasteiger partial charge in [0.15, 0.2) is 0 Å². The van der Waals surface area contributed by atoms with E-state index in [-0.39, 0.29) is 12.6 Å². The summed E-state index contributed by atoms with van der Waals surface area (Å²) in [4.78, 5) is 3.98. The molecule has 0 aliphatic rings. The Morgan fingerprint density at radius 1 is 1.50 bits per heavy atom. The van der Waals surface area contributed by atoms with E-state index in [2.05, 4.69) is 15.4 Å². The van der Waals surface area contributed by atoms with Crippen LogP contribution < -0.4 is 5.32 Å². The van der Waals surface area contributed by atoms with Crippen LogP contribution in [0.5, 0.6) is 0 Å². The fourth-order valence-corrected chi connectivity index (χ4v) is 1.12. The Bertz CT molecular complexity index is 272. The predicted molar refractivity (Wildman–Crippen MR) is 48.1 cm³/mol. The number of nitrogens with one attached hydrogen (secondary N) is 1. The van der Waals surface area contributed by atoms with Crippen molar-refractivity contribution in [3.05, 3.63) is 12.2 Å². The molecule has 0 radical (unpaired) electrons. The molecule has 1 N–H and O–H groups in total. The van der Waals surface area contributed by atoms with E-state index in [1.165, 1.54) is 6.33 Å². The van der Waals surface area contributed by atoms with Crippen LogP contribution in [0.4, 0.5) is 8.78 Å². The molecule has 80 valence electrons. The van der Waals surface area contributed by atoms with Gasteiger partial charge in [-0.2, -0.15) is 5.10 Å². The van der Waals surface area contributed by atoms with Gasteiger partial charge in [-0.3, -0.25) is 0 Å². The van der Waals surface area contributed by atoms with Gasteiger partial charge >= 0.3 is 0 Å². The van der Waals surface area contributed by atoms with E-state index in [0.717, 1.165) is 0 Å². The topological polar surface area (TPSA) is 42.7 Å². The zero-order valence-electron chi connectivity index (χ0n) is 8.24. The SMILES string of the molecule is CC(C)n1ncnc1CNCC(F)F. The van der Waals surface area contributed by atoms with Crippen LogP contribution in [0, 0.1) is 0 Å². The summed E-state index contributed by atoms with van der Waals surface area (Å²) in [5.74, 6) is 0.681. The van der Waals surface area contributed by atoms with Crippen LogP contribution in [0.2, 0.25) is 0 Å². The zero-order valence-corrected chi connectivity index (χ0v) is 8.24. The lowest BCUT2D eigenvalue weighted by atomic mass is 10.4. The minimum Gasteiger partial charge on any atom is -0.304 e. The van der Waals surface area contributed by atoms with Crippen molar-refractivity contribution in [3.63, 3.8) is 0 Å². The number of hydrogen-bond donors (Lipinski definition) is 1. The average molecular weight is 204 g/mol. The van der Waals surface area contributed by atoms with Gasteiger partial charge in [0.25, 0.3) is 6.43 Å². The standard InChI is InChI=1S/C8H14F2N4/c1-6(2)14-8(12-5-13-14)4-11-3-7(9)10/h5-7,11H,3-4H2,1-2H3. The lowest BCUT2D eigenvalue weighted by Gasteiger charge is -2.09. The molecule has 0 aliphatic heterocycles. The van der Waals surface area contributed by atoms with Gasteiger partial charge in [0.1, 0.15) is 12.2 Å². The van der Waals surface area contributed by atoms with Crippen molar-refractivity contribution in [2.24, 2.45) is 0 Å². The molecular formula is C8H14F2N4. The average Bonchev–Trinajstić information content (AvgIpc) is 2.51. The molecule has 1 aromatic rings. The Morgan fingerprint density at radius 2 is 2.21 bits per heavy atom. The number of hydrogen-bond acceptors (Lipinski definition) is 3. The zero-order chi connectivity index (χ0) is 10.6. The van der Waals surface area contributed by atoms with Crippen LogP contribution in [0.1, 0.15) is 25.7 Å². The first-order valence-corrected chi connectivity index (χ1v) is 4.48. The highest BCUT2D eigenvalue weighted by molar-refractivity contribution is 4.85. The molecule has 1 heterocycles. The molecule has 4 nitrogen and oxygen atoms in total. The number of halogens is 2. The Kier molecular flexibility index (Phi) is 3.94. The number of aromatic nitrogens is 3. The largest absolute Gasteiger partial charge is 0.304 e. The number of nitrogens with zero attached hydrogens (tertiary/aromatic N) is 3. The highest BCUT2D eigenvalue weighted by Gasteiger charge is 2.08. The monoisotopic (exact) mass is 204 g/mol. The Morgan fingerprint density at radius 3 is 2.79 bits per heavy atom. The van der Waals surface area contributed by atoms with Gasteiger partial charge in [-0.25, -0.2) is 18.4 Å². The maximum Gasteiger partial charge on any atom is 0.250 e. The highest BCUT2D eigenvalue weighted by Crippen LogP contribution is 2.04. The maximum atomic E-state index is 11.8. The first kappa shape index (κ1) is 11.0. The summed E-state index contributed by atoms with van der Waals surface area (Å²) in [7, 11) is 0. The first-order valence-electron chi connectivity index (χ1n) is 4.48. The quantitative estimate of drug-likeness (QED) is 0.784. The lowest BCUT2D eigenvalue weighted by molar-refractivity contribution is 0.145. The van der Waals surface area contributed by atoms with Crippen molar-refractivity contribution in [1.82, 2.24) is 20.1 Å². The van der Waals surface area contributed by atoms with Crippen molar-refractivity contribution < 1.29 is 8.78 Å². The van der Waals surface area contributed by atoms with Gasteiger partial charge in [0, 0.05) is 6.04 Å². The van der Waals surface area contributed by atoms with Crippen molar-refractivity contribution >= 4 is 0 Å². The Balaban J connectivity index is 2.46. The van der Waals surface area contributed by atoms with Crippen molar-refractivity contribution in [1.29, 1.82) is 0 Å². The van der Waals surface area contributed by atoms with Gasteiger partial charge in [0.2, 0.25) is 0 Å². The molecule has 0 amide bonds. The fourth-order valence-electron chi connectivity index (χ4n) is 1.12. The Hall–Kier alpha value is -1.04. The summed E-state index contributed by atoms with van der Waals surface area (Å²) in [6, 6.07) is 0.195. The van der Waals surface area contributed by atoms with Gasteiger partial charge in [-0.05, 0) is 13.8 Å². The first-order chi connectivity index (χ1) is 6.61. The minimum absolute atomic E-state index is 0.195. The summed E-state index contributed by atoms with van der Waals surface area (Å²) in [6.45, 7) is 3.93. The minimum atomic E-state index is -2.33. The van der Waals surface area contributed by atoms with Crippen molar-refractivity contribution in [3.8, 4) is 0 Å². The molecule has 0 unspecified atom stereocenters. The lowest BCUT2D eigenvalue weighted by Crippen LogP contribution is -2.23. The molecule has 6 heteroatoms. The summed E-state index contributed by atoms with van der Waals surface area (Å²) >= 11 is 0. The van der Waals surface area contributed by atoms with E-state index in [1.54, 1.807) is 4.68 Å². The second kappa shape index (κ2) is 4.99. The van der Waals surface area contributed by atoms with Crippen LogP contribution in [0.3, 0.4) is 0 Å². The highest BCUT2D eigenvalue weighted by atomic mass is 19.3. The van der Waals surface area contributed by atoms with E-state index in [1.807, 2.05) is 13.8 Å². The number of alkyl halides is 2. The molecule has 0 fully saturated rings. The van der Waals surface area contributed by atoms with Crippen LogP contribution in [-0.4, -0.2) is 27.7 Å². The third kappa shape index (κ3) is 3.02. The maximum absolute atomic E-state index is 11.8. The van der Waals surface area contributed by atoms with Crippen LogP contribution in [0.15, 0.2) is 6.33 Å². The van der Waals surface area contributed by atoms with Crippen LogP contribution in [-0.2, 0) is 6.54 Å². The Labute approximate surface area is 81.3 Å². The summed E-state index contributed by atoms with van der Waals surface area (Å²) in [6.07, 6.45) is -0.898. The molecule has 0 saturated heterocycles. The molecule has 0 aromatic carbocycles. The van der Waals surface area contributed by atoms with E-state index in [4.69, 9.17) is 0 Å². The van der Waals surface area contributed by atoms with Crippen LogP contribution in [0.25, 0.3) is 0 Å². The van der Waals surface area contributed by atoms with Gasteiger partial charge < -0.3 is 5.32 Å². The smallest absolute Gasteiger partial charge is 0.250 e. The molecule has 0 spiro atoms.